The van der Waals surface area contributed by atoms with E-state index in [9.17, 15) is 4.79 Å². The summed E-state index contributed by atoms with van der Waals surface area (Å²) < 4.78 is 5.23. The van der Waals surface area contributed by atoms with Crippen LogP contribution in [0.25, 0.3) is 0 Å². The van der Waals surface area contributed by atoms with E-state index >= 15 is 0 Å². The van der Waals surface area contributed by atoms with Crippen molar-refractivity contribution in [2.75, 3.05) is 0 Å². The van der Waals surface area contributed by atoms with Gasteiger partial charge in [0.2, 0.25) is 0 Å². The third kappa shape index (κ3) is 2.82. The average Bonchev–Trinajstić information content (AvgIpc) is 2.43. The van der Waals surface area contributed by atoms with Crippen molar-refractivity contribution in [1.82, 2.24) is 0 Å². The number of esters is 1. The number of hydrogen-bond donors (Lipinski definition) is 0. The normalized spacial score (nSPS) is 22.8. The van der Waals surface area contributed by atoms with Gasteiger partial charge in [0.1, 0.15) is 6.10 Å². The van der Waals surface area contributed by atoms with Gasteiger partial charge in [-0.3, -0.25) is 0 Å². The standard InChI is InChI=1S/C13H18O2/c1-5-6-9(2)7-8-12-10(3)11(4)13(14)15-12/h5-7,12H,8H2,1-4H3/b6-5+,9-7?. The Hall–Kier alpha value is -1.31. The topological polar surface area (TPSA) is 26.3 Å². The summed E-state index contributed by atoms with van der Waals surface area (Å²) in [5.74, 6) is -0.172. The summed E-state index contributed by atoms with van der Waals surface area (Å²) in [6.07, 6.45) is 6.85. The third-order valence-electron chi connectivity index (χ3n) is 2.71. The Morgan fingerprint density at radius 3 is 2.60 bits per heavy atom. The molecule has 1 aliphatic rings. The molecule has 0 aliphatic carbocycles. The third-order valence-corrected chi connectivity index (χ3v) is 2.71. The fourth-order valence-corrected chi connectivity index (χ4v) is 1.56. The van der Waals surface area contributed by atoms with Gasteiger partial charge in [-0.1, -0.05) is 23.8 Å². The van der Waals surface area contributed by atoms with Crippen LogP contribution in [0.5, 0.6) is 0 Å². The maximum atomic E-state index is 11.3. The highest BCUT2D eigenvalue weighted by Crippen LogP contribution is 2.24. The molecule has 1 atom stereocenters. The minimum atomic E-state index is -0.172. The van der Waals surface area contributed by atoms with E-state index in [0.29, 0.717) is 0 Å². The Labute approximate surface area is 91.3 Å². The van der Waals surface area contributed by atoms with Gasteiger partial charge in [0.25, 0.3) is 0 Å². The Bertz CT molecular complexity index is 346. The van der Waals surface area contributed by atoms with Gasteiger partial charge in [0.05, 0.1) is 0 Å². The van der Waals surface area contributed by atoms with Crippen LogP contribution in [0.3, 0.4) is 0 Å². The highest BCUT2D eigenvalue weighted by Gasteiger charge is 2.27. The molecule has 2 heteroatoms. The van der Waals surface area contributed by atoms with Crippen molar-refractivity contribution in [2.45, 2.75) is 40.2 Å². The Kier molecular flexibility index (Phi) is 3.89. The van der Waals surface area contributed by atoms with E-state index in [-0.39, 0.29) is 12.1 Å². The molecule has 1 unspecified atom stereocenters. The first-order valence-electron chi connectivity index (χ1n) is 5.24. The van der Waals surface area contributed by atoms with Crippen LogP contribution in [-0.4, -0.2) is 12.1 Å². The van der Waals surface area contributed by atoms with Crippen molar-refractivity contribution in [3.05, 3.63) is 34.9 Å². The predicted octanol–water partition coefficient (Wildman–Crippen LogP) is 3.16. The number of cyclic esters (lactones) is 1. The van der Waals surface area contributed by atoms with Crippen molar-refractivity contribution in [1.29, 1.82) is 0 Å². The molecule has 82 valence electrons. The van der Waals surface area contributed by atoms with Crippen molar-refractivity contribution in [2.24, 2.45) is 0 Å². The molecule has 0 aromatic heterocycles. The molecule has 0 aromatic carbocycles. The molecule has 0 bridgehead atoms. The van der Waals surface area contributed by atoms with Gasteiger partial charge >= 0.3 is 5.97 Å². The van der Waals surface area contributed by atoms with Crippen molar-refractivity contribution in [3.8, 4) is 0 Å². The molecule has 0 fully saturated rings. The summed E-state index contributed by atoms with van der Waals surface area (Å²) in [6, 6.07) is 0. The van der Waals surface area contributed by atoms with Crippen LogP contribution in [0, 0.1) is 0 Å². The van der Waals surface area contributed by atoms with Crippen LogP contribution in [-0.2, 0) is 9.53 Å². The first-order valence-corrected chi connectivity index (χ1v) is 5.24. The molecule has 0 spiro atoms. The van der Waals surface area contributed by atoms with E-state index in [4.69, 9.17) is 4.74 Å². The molecular formula is C13H18O2. The summed E-state index contributed by atoms with van der Waals surface area (Å²) in [5, 5.41) is 0. The number of hydrogen-bond acceptors (Lipinski definition) is 2. The summed E-state index contributed by atoms with van der Waals surface area (Å²) in [5.41, 5.74) is 3.02. The number of ether oxygens (including phenoxy) is 1. The lowest BCUT2D eigenvalue weighted by molar-refractivity contribution is -0.139. The van der Waals surface area contributed by atoms with Gasteiger partial charge in [-0.15, -0.1) is 0 Å². The van der Waals surface area contributed by atoms with Crippen LogP contribution in [0.15, 0.2) is 34.9 Å². The van der Waals surface area contributed by atoms with E-state index in [1.807, 2.05) is 39.8 Å². The minimum Gasteiger partial charge on any atom is -0.454 e. The second-order valence-corrected chi connectivity index (χ2v) is 3.89. The minimum absolute atomic E-state index is 0.0577. The lowest BCUT2D eigenvalue weighted by Gasteiger charge is -2.08. The van der Waals surface area contributed by atoms with E-state index in [0.717, 1.165) is 17.6 Å². The highest BCUT2D eigenvalue weighted by molar-refractivity contribution is 5.91. The Morgan fingerprint density at radius 1 is 1.47 bits per heavy atom. The van der Waals surface area contributed by atoms with E-state index < -0.39 is 0 Å². The molecular weight excluding hydrogens is 188 g/mol. The van der Waals surface area contributed by atoms with Gasteiger partial charge in [0.15, 0.2) is 0 Å². The summed E-state index contributed by atoms with van der Waals surface area (Å²) in [6.45, 7) is 7.81. The fraction of sp³-hybridized carbons (Fsp3) is 0.462. The summed E-state index contributed by atoms with van der Waals surface area (Å²) in [4.78, 5) is 11.3. The average molecular weight is 206 g/mol. The zero-order chi connectivity index (χ0) is 11.4. The van der Waals surface area contributed by atoms with Crippen molar-refractivity contribution >= 4 is 5.97 Å². The van der Waals surface area contributed by atoms with Gasteiger partial charge in [-0.25, -0.2) is 4.79 Å². The van der Waals surface area contributed by atoms with Crippen LogP contribution in [0.1, 0.15) is 34.1 Å². The molecule has 0 amide bonds. The van der Waals surface area contributed by atoms with E-state index in [2.05, 4.69) is 6.08 Å². The van der Waals surface area contributed by atoms with Crippen LogP contribution in [0.4, 0.5) is 0 Å². The van der Waals surface area contributed by atoms with E-state index in [1.165, 1.54) is 5.57 Å². The van der Waals surface area contributed by atoms with Gasteiger partial charge in [-0.2, -0.15) is 0 Å². The largest absolute Gasteiger partial charge is 0.454 e. The monoisotopic (exact) mass is 206 g/mol. The van der Waals surface area contributed by atoms with Crippen molar-refractivity contribution in [3.63, 3.8) is 0 Å². The summed E-state index contributed by atoms with van der Waals surface area (Å²) in [7, 11) is 0. The maximum absolute atomic E-state index is 11.3. The second kappa shape index (κ2) is 4.96. The van der Waals surface area contributed by atoms with Gasteiger partial charge < -0.3 is 4.74 Å². The van der Waals surface area contributed by atoms with Crippen LogP contribution in [0.2, 0.25) is 0 Å². The number of carbonyl (C=O) groups excluding carboxylic acids is 1. The zero-order valence-corrected chi connectivity index (χ0v) is 9.83. The molecule has 0 N–H and O–H groups in total. The predicted molar refractivity (Wildman–Crippen MR) is 61.4 cm³/mol. The molecule has 0 saturated heterocycles. The molecule has 1 aliphatic heterocycles. The number of carbonyl (C=O) groups is 1. The lowest BCUT2D eigenvalue weighted by Crippen LogP contribution is -2.09. The van der Waals surface area contributed by atoms with Crippen LogP contribution >= 0.6 is 0 Å². The highest BCUT2D eigenvalue weighted by atomic mass is 16.5. The second-order valence-electron chi connectivity index (χ2n) is 3.89. The lowest BCUT2D eigenvalue weighted by atomic mass is 10.0. The first kappa shape index (κ1) is 11.8. The molecule has 2 nitrogen and oxygen atoms in total. The molecule has 0 radical (unpaired) electrons. The number of allylic oxidation sites excluding steroid dienone is 3. The van der Waals surface area contributed by atoms with E-state index in [1.54, 1.807) is 0 Å². The molecule has 0 saturated carbocycles. The number of rotatable bonds is 3. The SMILES string of the molecule is C/C=C/C(C)=CCC1OC(=O)C(C)=C1C. The zero-order valence-electron chi connectivity index (χ0n) is 9.83. The Balaban J connectivity index is 2.63. The molecule has 1 heterocycles. The molecule has 1 rings (SSSR count). The molecule has 0 aromatic rings. The maximum Gasteiger partial charge on any atom is 0.334 e. The van der Waals surface area contributed by atoms with Crippen molar-refractivity contribution < 1.29 is 9.53 Å². The van der Waals surface area contributed by atoms with Gasteiger partial charge in [-0.05, 0) is 33.3 Å². The smallest absolute Gasteiger partial charge is 0.334 e. The summed E-state index contributed by atoms with van der Waals surface area (Å²) >= 11 is 0. The fourth-order valence-electron chi connectivity index (χ4n) is 1.56. The first-order chi connectivity index (χ1) is 7.06. The van der Waals surface area contributed by atoms with Gasteiger partial charge in [0, 0.05) is 12.0 Å². The quantitative estimate of drug-likeness (QED) is 0.523. The van der Waals surface area contributed by atoms with Crippen LogP contribution < -0.4 is 0 Å². The Morgan fingerprint density at radius 2 is 2.13 bits per heavy atom. The molecule has 15 heavy (non-hydrogen) atoms.